The molecule has 0 spiro atoms. The van der Waals surface area contributed by atoms with E-state index in [2.05, 4.69) is 5.32 Å². The normalized spacial score (nSPS) is 18.8. The van der Waals surface area contributed by atoms with Gasteiger partial charge < -0.3 is 10.2 Å². The first-order chi connectivity index (χ1) is 10.1. The molecule has 1 atom stereocenters. The fourth-order valence-corrected chi connectivity index (χ4v) is 2.88. The highest BCUT2D eigenvalue weighted by Crippen LogP contribution is 2.27. The number of carbonyl (C=O) groups is 2. The number of amides is 2. The predicted molar refractivity (Wildman–Crippen MR) is 83.0 cm³/mol. The molecular weight excluding hydrogens is 288 g/mol. The second-order valence-electron chi connectivity index (χ2n) is 5.29. The zero-order valence-electron chi connectivity index (χ0n) is 12.4. The molecule has 21 heavy (non-hydrogen) atoms. The second kappa shape index (κ2) is 6.94. The first-order valence-electron chi connectivity index (χ1n) is 7.42. The summed E-state index contributed by atoms with van der Waals surface area (Å²) in [5, 5.41) is 3.46. The SMILES string of the molecule is CCC(CC)C(=O)N1CCNC(=O)C1c1ccc(Cl)cc1. The molecule has 0 bridgehead atoms. The Kier molecular flexibility index (Phi) is 5.23. The minimum absolute atomic E-state index is 0.0225. The molecule has 1 heterocycles. The van der Waals surface area contributed by atoms with Crippen LogP contribution in [0, 0.1) is 5.92 Å². The van der Waals surface area contributed by atoms with Gasteiger partial charge in [-0.15, -0.1) is 0 Å². The largest absolute Gasteiger partial charge is 0.352 e. The third kappa shape index (κ3) is 3.38. The quantitative estimate of drug-likeness (QED) is 0.930. The topological polar surface area (TPSA) is 49.4 Å². The summed E-state index contributed by atoms with van der Waals surface area (Å²) in [5.74, 6) is -0.0802. The molecular formula is C16H21ClN2O2. The summed E-state index contributed by atoms with van der Waals surface area (Å²) >= 11 is 5.90. The Morgan fingerprint density at radius 2 is 1.95 bits per heavy atom. The van der Waals surface area contributed by atoms with Crippen molar-refractivity contribution in [1.29, 1.82) is 0 Å². The molecule has 1 aromatic rings. The predicted octanol–water partition coefficient (Wildman–Crippen LogP) is 2.78. The van der Waals surface area contributed by atoms with Crippen LogP contribution >= 0.6 is 11.6 Å². The fraction of sp³-hybridized carbons (Fsp3) is 0.500. The third-order valence-electron chi connectivity index (χ3n) is 4.02. The molecule has 0 radical (unpaired) electrons. The number of benzene rings is 1. The third-order valence-corrected chi connectivity index (χ3v) is 4.27. The van der Waals surface area contributed by atoms with Crippen LogP contribution in [0.1, 0.15) is 38.3 Å². The summed E-state index contributed by atoms with van der Waals surface area (Å²) in [6, 6.07) is 6.57. The van der Waals surface area contributed by atoms with E-state index in [1.54, 1.807) is 17.0 Å². The lowest BCUT2D eigenvalue weighted by Gasteiger charge is -2.37. The number of nitrogens with zero attached hydrogens (tertiary/aromatic N) is 1. The Hall–Kier alpha value is -1.55. The van der Waals surface area contributed by atoms with Crippen LogP contribution in [0.5, 0.6) is 0 Å². The Balaban J connectivity index is 2.31. The number of carbonyl (C=O) groups excluding carboxylic acids is 2. The molecule has 1 aliphatic rings. The van der Waals surface area contributed by atoms with Gasteiger partial charge in [-0.25, -0.2) is 0 Å². The van der Waals surface area contributed by atoms with Gasteiger partial charge in [0.2, 0.25) is 11.8 Å². The summed E-state index contributed by atoms with van der Waals surface area (Å²) in [7, 11) is 0. The van der Waals surface area contributed by atoms with E-state index in [1.807, 2.05) is 26.0 Å². The minimum atomic E-state index is -0.552. The average molecular weight is 309 g/mol. The highest BCUT2D eigenvalue weighted by Gasteiger charge is 2.36. The summed E-state index contributed by atoms with van der Waals surface area (Å²) < 4.78 is 0. The van der Waals surface area contributed by atoms with Gasteiger partial charge in [0.05, 0.1) is 0 Å². The van der Waals surface area contributed by atoms with Crippen molar-refractivity contribution < 1.29 is 9.59 Å². The van der Waals surface area contributed by atoms with Crippen LogP contribution < -0.4 is 5.32 Å². The van der Waals surface area contributed by atoms with Crippen LogP contribution in [-0.2, 0) is 9.59 Å². The van der Waals surface area contributed by atoms with Gasteiger partial charge in [-0.3, -0.25) is 9.59 Å². The van der Waals surface area contributed by atoms with E-state index in [4.69, 9.17) is 11.6 Å². The molecule has 1 aliphatic heterocycles. The van der Waals surface area contributed by atoms with Gasteiger partial charge in [-0.2, -0.15) is 0 Å². The lowest BCUT2D eigenvalue weighted by atomic mass is 9.97. The molecule has 114 valence electrons. The maximum Gasteiger partial charge on any atom is 0.247 e. The minimum Gasteiger partial charge on any atom is -0.352 e. The van der Waals surface area contributed by atoms with Crippen molar-refractivity contribution in [2.45, 2.75) is 32.7 Å². The van der Waals surface area contributed by atoms with E-state index in [-0.39, 0.29) is 17.7 Å². The van der Waals surface area contributed by atoms with E-state index in [1.165, 1.54) is 0 Å². The molecule has 4 nitrogen and oxygen atoms in total. The van der Waals surface area contributed by atoms with E-state index in [0.717, 1.165) is 18.4 Å². The van der Waals surface area contributed by atoms with Crippen LogP contribution in [0.25, 0.3) is 0 Å². The standard InChI is InChI=1S/C16H21ClN2O2/c1-3-11(4-2)16(21)19-10-9-18-15(20)14(19)12-5-7-13(17)8-6-12/h5-8,11,14H,3-4,9-10H2,1-2H3,(H,18,20). The van der Waals surface area contributed by atoms with Gasteiger partial charge in [0.1, 0.15) is 6.04 Å². The number of hydrogen-bond acceptors (Lipinski definition) is 2. The van der Waals surface area contributed by atoms with Crippen molar-refractivity contribution in [2.75, 3.05) is 13.1 Å². The highest BCUT2D eigenvalue weighted by atomic mass is 35.5. The van der Waals surface area contributed by atoms with Gasteiger partial charge in [0.25, 0.3) is 0 Å². The van der Waals surface area contributed by atoms with Crippen LogP contribution in [0.15, 0.2) is 24.3 Å². The maximum absolute atomic E-state index is 12.7. The van der Waals surface area contributed by atoms with Crippen molar-refractivity contribution in [2.24, 2.45) is 5.92 Å². The molecule has 0 aliphatic carbocycles. The number of rotatable bonds is 4. The van der Waals surface area contributed by atoms with E-state index in [9.17, 15) is 9.59 Å². The molecule has 1 saturated heterocycles. The molecule has 2 rings (SSSR count). The second-order valence-corrected chi connectivity index (χ2v) is 5.73. The van der Waals surface area contributed by atoms with Crippen LogP contribution in [0.3, 0.4) is 0 Å². The van der Waals surface area contributed by atoms with Crippen molar-refractivity contribution in [1.82, 2.24) is 10.2 Å². The Morgan fingerprint density at radius 3 is 2.52 bits per heavy atom. The first kappa shape index (κ1) is 15.8. The summed E-state index contributed by atoms with van der Waals surface area (Å²) in [6.45, 7) is 5.07. The monoisotopic (exact) mass is 308 g/mol. The van der Waals surface area contributed by atoms with Crippen molar-refractivity contribution in [3.63, 3.8) is 0 Å². The smallest absolute Gasteiger partial charge is 0.247 e. The Labute approximate surface area is 130 Å². The Bertz CT molecular complexity index is 512. The van der Waals surface area contributed by atoms with Crippen LogP contribution in [0.2, 0.25) is 5.02 Å². The number of nitrogens with one attached hydrogen (secondary N) is 1. The van der Waals surface area contributed by atoms with Crippen LogP contribution in [0.4, 0.5) is 0 Å². The zero-order valence-corrected chi connectivity index (χ0v) is 13.2. The first-order valence-corrected chi connectivity index (χ1v) is 7.79. The van der Waals surface area contributed by atoms with Gasteiger partial charge in [-0.05, 0) is 30.5 Å². The molecule has 5 heteroatoms. The summed E-state index contributed by atoms with van der Waals surface area (Å²) in [5.41, 5.74) is 0.802. The van der Waals surface area contributed by atoms with E-state index >= 15 is 0 Å². The summed E-state index contributed by atoms with van der Waals surface area (Å²) in [4.78, 5) is 26.6. The molecule has 1 unspecified atom stereocenters. The lowest BCUT2D eigenvalue weighted by Crippen LogP contribution is -2.53. The summed E-state index contributed by atoms with van der Waals surface area (Å²) in [6.07, 6.45) is 1.58. The van der Waals surface area contributed by atoms with Crippen molar-refractivity contribution in [3.8, 4) is 0 Å². The van der Waals surface area contributed by atoms with E-state index < -0.39 is 6.04 Å². The zero-order chi connectivity index (χ0) is 15.4. The molecule has 0 saturated carbocycles. The Morgan fingerprint density at radius 1 is 1.33 bits per heavy atom. The molecule has 0 aromatic heterocycles. The van der Waals surface area contributed by atoms with Crippen LogP contribution in [-0.4, -0.2) is 29.8 Å². The molecule has 1 fully saturated rings. The average Bonchev–Trinajstić information content (AvgIpc) is 2.49. The molecule has 1 N–H and O–H groups in total. The van der Waals surface area contributed by atoms with Gasteiger partial charge >= 0.3 is 0 Å². The van der Waals surface area contributed by atoms with Gasteiger partial charge in [0.15, 0.2) is 0 Å². The highest BCUT2D eigenvalue weighted by molar-refractivity contribution is 6.30. The van der Waals surface area contributed by atoms with Crippen molar-refractivity contribution in [3.05, 3.63) is 34.9 Å². The number of halogens is 1. The number of piperazine rings is 1. The van der Waals surface area contributed by atoms with Crippen molar-refractivity contribution >= 4 is 23.4 Å². The van der Waals surface area contributed by atoms with E-state index in [0.29, 0.717) is 18.1 Å². The maximum atomic E-state index is 12.7. The van der Waals surface area contributed by atoms with Gasteiger partial charge in [-0.1, -0.05) is 37.6 Å². The lowest BCUT2D eigenvalue weighted by molar-refractivity contribution is -0.146. The fourth-order valence-electron chi connectivity index (χ4n) is 2.75. The van der Waals surface area contributed by atoms with Gasteiger partial charge in [0, 0.05) is 24.0 Å². The molecule has 1 aromatic carbocycles. The number of hydrogen-bond donors (Lipinski definition) is 1. The molecule has 2 amide bonds.